The topological polar surface area (TPSA) is 154 Å². The van der Waals surface area contributed by atoms with Crippen molar-refractivity contribution >= 4 is 40.0 Å². The Morgan fingerprint density at radius 2 is 2.03 bits per heavy atom. The lowest BCUT2D eigenvalue weighted by atomic mass is 9.93. The number of nitrogens with one attached hydrogen (secondary N) is 3. The van der Waals surface area contributed by atoms with Gasteiger partial charge in [-0.05, 0) is 36.2 Å². The summed E-state index contributed by atoms with van der Waals surface area (Å²) in [5.74, 6) is -1.92. The van der Waals surface area contributed by atoms with E-state index >= 15 is 0 Å². The van der Waals surface area contributed by atoms with Crippen LogP contribution < -0.4 is 16.4 Å². The molecule has 0 aliphatic carbocycles. The number of aryl methyl sites for hydroxylation is 1. The average Bonchev–Trinajstić information content (AvgIpc) is 3.07. The highest BCUT2D eigenvalue weighted by Crippen LogP contribution is 2.34. The van der Waals surface area contributed by atoms with Crippen molar-refractivity contribution in [3.63, 3.8) is 0 Å². The number of pyridine rings is 1. The lowest BCUT2D eigenvalue weighted by Gasteiger charge is -2.15. The summed E-state index contributed by atoms with van der Waals surface area (Å²) < 4.78 is 0. The van der Waals surface area contributed by atoms with E-state index in [1.165, 1.54) is 11.3 Å². The van der Waals surface area contributed by atoms with Crippen molar-refractivity contribution in [1.82, 2.24) is 9.97 Å². The molecule has 1 atom stereocenters. The van der Waals surface area contributed by atoms with Gasteiger partial charge in [-0.3, -0.25) is 20.0 Å². The maximum atomic E-state index is 12.6. The van der Waals surface area contributed by atoms with E-state index in [0.717, 1.165) is 16.1 Å². The number of nitrogens with zero attached hydrogens (tertiary/aromatic N) is 2. The van der Waals surface area contributed by atoms with Gasteiger partial charge >= 0.3 is 5.97 Å². The van der Waals surface area contributed by atoms with Crippen LogP contribution in [0.2, 0.25) is 0 Å². The molecular formula is C21H22N6O3S. The first-order valence-electron chi connectivity index (χ1n) is 9.42. The van der Waals surface area contributed by atoms with Crippen LogP contribution in [0.25, 0.3) is 10.4 Å². The third kappa shape index (κ3) is 6.09. The predicted octanol–water partition coefficient (Wildman–Crippen LogP) is 3.41. The Hall–Kier alpha value is -3.79. The number of amides is 1. The maximum Gasteiger partial charge on any atom is 0.303 e. The Labute approximate surface area is 182 Å². The second-order valence-corrected chi connectivity index (χ2v) is 7.89. The number of aromatic nitrogens is 2. The smallest absolute Gasteiger partial charge is 0.303 e. The molecule has 31 heavy (non-hydrogen) atoms. The summed E-state index contributed by atoms with van der Waals surface area (Å²) in [5, 5.41) is 22.6. The summed E-state index contributed by atoms with van der Waals surface area (Å²) in [6.45, 7) is 1.85. The van der Waals surface area contributed by atoms with Crippen molar-refractivity contribution in [3.05, 3.63) is 60.0 Å². The molecule has 0 spiro atoms. The molecule has 0 saturated heterocycles. The molecule has 1 unspecified atom stereocenters. The van der Waals surface area contributed by atoms with Gasteiger partial charge in [-0.1, -0.05) is 29.5 Å². The van der Waals surface area contributed by atoms with Gasteiger partial charge in [0.05, 0.1) is 17.0 Å². The molecule has 160 valence electrons. The van der Waals surface area contributed by atoms with Crippen molar-refractivity contribution in [1.29, 1.82) is 5.41 Å². The SMILES string of the molecule is Cc1nc(NC(=N)N)sc1-c1cccc(NC(=O)CC(CC(=O)O)c2cccnc2)c1. The third-order valence-electron chi connectivity index (χ3n) is 4.46. The summed E-state index contributed by atoms with van der Waals surface area (Å²) in [5.41, 5.74) is 8.30. The lowest BCUT2D eigenvalue weighted by Crippen LogP contribution is -2.20. The van der Waals surface area contributed by atoms with E-state index in [1.807, 2.05) is 25.1 Å². The van der Waals surface area contributed by atoms with Crippen LogP contribution in [0.1, 0.15) is 30.0 Å². The molecule has 0 aliphatic heterocycles. The van der Waals surface area contributed by atoms with E-state index in [9.17, 15) is 14.7 Å². The standard InChI is InChI=1S/C21H22N6O3S/c1-12-19(31-21(25-12)27-20(22)23)13-4-2-6-16(8-13)26-17(28)9-15(10-18(29)30)14-5-3-7-24-11-14/h2-8,11,15H,9-10H2,1H3,(H,26,28)(H,29,30)(H4,22,23,25,27). The number of carbonyl (C=O) groups is 2. The summed E-state index contributed by atoms with van der Waals surface area (Å²) >= 11 is 1.36. The monoisotopic (exact) mass is 438 g/mol. The lowest BCUT2D eigenvalue weighted by molar-refractivity contribution is -0.137. The molecule has 2 aromatic heterocycles. The number of anilines is 2. The Balaban J connectivity index is 1.74. The van der Waals surface area contributed by atoms with Gasteiger partial charge in [-0.2, -0.15) is 0 Å². The molecule has 9 nitrogen and oxygen atoms in total. The van der Waals surface area contributed by atoms with E-state index in [0.29, 0.717) is 16.4 Å². The minimum absolute atomic E-state index is 0.0223. The second kappa shape index (κ2) is 9.81. The van der Waals surface area contributed by atoms with Crippen LogP contribution in [0.4, 0.5) is 10.8 Å². The van der Waals surface area contributed by atoms with Gasteiger partial charge in [-0.15, -0.1) is 0 Å². The highest BCUT2D eigenvalue weighted by molar-refractivity contribution is 7.19. The molecule has 0 bridgehead atoms. The zero-order chi connectivity index (χ0) is 22.4. The molecule has 0 radical (unpaired) electrons. The molecule has 10 heteroatoms. The van der Waals surface area contributed by atoms with Crippen molar-refractivity contribution in [2.75, 3.05) is 10.6 Å². The predicted molar refractivity (Wildman–Crippen MR) is 120 cm³/mol. The van der Waals surface area contributed by atoms with Gasteiger partial charge in [0.25, 0.3) is 0 Å². The van der Waals surface area contributed by atoms with E-state index in [1.54, 1.807) is 30.6 Å². The Morgan fingerprint density at radius 1 is 1.23 bits per heavy atom. The minimum atomic E-state index is -0.973. The van der Waals surface area contributed by atoms with Crippen LogP contribution in [0.3, 0.4) is 0 Å². The fourth-order valence-corrected chi connectivity index (χ4v) is 4.12. The van der Waals surface area contributed by atoms with Crippen molar-refractivity contribution in [2.24, 2.45) is 5.73 Å². The van der Waals surface area contributed by atoms with Crippen molar-refractivity contribution in [3.8, 4) is 10.4 Å². The summed E-state index contributed by atoms with van der Waals surface area (Å²) in [4.78, 5) is 33.1. The first-order valence-corrected chi connectivity index (χ1v) is 10.2. The Morgan fingerprint density at radius 3 is 2.71 bits per heavy atom. The number of carboxylic acids is 1. The number of rotatable bonds is 8. The van der Waals surface area contributed by atoms with Crippen molar-refractivity contribution < 1.29 is 14.7 Å². The third-order valence-corrected chi connectivity index (χ3v) is 5.58. The van der Waals surface area contributed by atoms with Gasteiger partial charge < -0.3 is 21.5 Å². The molecule has 0 saturated carbocycles. The molecule has 6 N–H and O–H groups in total. The zero-order valence-corrected chi connectivity index (χ0v) is 17.6. The summed E-state index contributed by atoms with van der Waals surface area (Å²) in [7, 11) is 0. The zero-order valence-electron chi connectivity index (χ0n) is 16.8. The van der Waals surface area contributed by atoms with Crippen LogP contribution in [-0.4, -0.2) is 32.9 Å². The molecular weight excluding hydrogens is 416 g/mol. The Kier molecular flexibility index (Phi) is 6.93. The fourth-order valence-electron chi connectivity index (χ4n) is 3.14. The van der Waals surface area contributed by atoms with Crippen LogP contribution in [0.5, 0.6) is 0 Å². The number of hydrogen-bond acceptors (Lipinski definition) is 6. The normalized spacial score (nSPS) is 11.5. The van der Waals surface area contributed by atoms with Crippen LogP contribution in [-0.2, 0) is 9.59 Å². The average molecular weight is 439 g/mol. The van der Waals surface area contributed by atoms with E-state index in [4.69, 9.17) is 11.1 Å². The molecule has 1 amide bonds. The molecule has 1 aromatic carbocycles. The number of guanidine groups is 1. The van der Waals surface area contributed by atoms with Crippen molar-refractivity contribution in [2.45, 2.75) is 25.7 Å². The number of carboxylic acid groups (broad SMARTS) is 1. The Bertz CT molecular complexity index is 1100. The summed E-state index contributed by atoms with van der Waals surface area (Å²) in [6, 6.07) is 10.8. The molecule has 0 aliphatic rings. The number of benzene rings is 1. The molecule has 2 heterocycles. The molecule has 3 rings (SSSR count). The second-order valence-electron chi connectivity index (χ2n) is 6.89. The first kappa shape index (κ1) is 21.9. The largest absolute Gasteiger partial charge is 0.481 e. The number of carbonyl (C=O) groups excluding carboxylic acids is 1. The molecule has 0 fully saturated rings. The fraction of sp³-hybridized carbons (Fsp3) is 0.190. The van der Waals surface area contributed by atoms with Gasteiger partial charge in [0.15, 0.2) is 11.1 Å². The number of hydrogen-bond donors (Lipinski definition) is 5. The van der Waals surface area contributed by atoms with Crippen LogP contribution >= 0.6 is 11.3 Å². The highest BCUT2D eigenvalue weighted by atomic mass is 32.1. The van der Waals surface area contributed by atoms with Gasteiger partial charge in [0.1, 0.15) is 0 Å². The number of nitrogens with two attached hydrogens (primary N) is 1. The maximum absolute atomic E-state index is 12.6. The van der Waals surface area contributed by atoms with Gasteiger partial charge in [-0.25, -0.2) is 4.98 Å². The highest BCUT2D eigenvalue weighted by Gasteiger charge is 2.20. The van der Waals surface area contributed by atoms with Crippen LogP contribution in [0, 0.1) is 12.3 Å². The summed E-state index contributed by atoms with van der Waals surface area (Å²) in [6.07, 6.45) is 3.05. The van der Waals surface area contributed by atoms with E-state index in [2.05, 4.69) is 20.6 Å². The van der Waals surface area contributed by atoms with Gasteiger partial charge in [0, 0.05) is 30.4 Å². The van der Waals surface area contributed by atoms with Crippen LogP contribution in [0.15, 0.2) is 48.8 Å². The number of aliphatic carboxylic acids is 1. The number of thiazole rings is 1. The van der Waals surface area contributed by atoms with E-state index in [-0.39, 0.29) is 24.7 Å². The van der Waals surface area contributed by atoms with E-state index < -0.39 is 11.9 Å². The van der Waals surface area contributed by atoms with Gasteiger partial charge in [0.2, 0.25) is 5.91 Å². The minimum Gasteiger partial charge on any atom is -0.481 e. The first-order chi connectivity index (χ1) is 14.8. The molecule has 3 aromatic rings. The quantitative estimate of drug-likeness (QED) is 0.267.